The van der Waals surface area contributed by atoms with E-state index in [-0.39, 0.29) is 22.5 Å². The van der Waals surface area contributed by atoms with Crippen LogP contribution in [0.2, 0.25) is 0 Å². The second-order valence-electron chi connectivity index (χ2n) is 4.84. The van der Waals surface area contributed by atoms with Gasteiger partial charge < -0.3 is 15.0 Å². The minimum Gasteiger partial charge on any atom is -0.393 e. The maximum atomic E-state index is 12.1. The number of hydrogen-bond donors (Lipinski definition) is 3. The largest absolute Gasteiger partial charge is 0.393 e. The molecule has 1 aromatic heterocycles. The van der Waals surface area contributed by atoms with Crippen LogP contribution in [0.4, 0.5) is 0 Å². The van der Waals surface area contributed by atoms with Crippen LogP contribution in [0.25, 0.3) is 0 Å². The van der Waals surface area contributed by atoms with Crippen LogP contribution in [0.1, 0.15) is 30.8 Å². The van der Waals surface area contributed by atoms with Crippen molar-refractivity contribution in [3.8, 4) is 0 Å². The summed E-state index contributed by atoms with van der Waals surface area (Å²) in [6, 6.07) is 1.11. The molecule has 0 spiro atoms. The fraction of sp³-hybridized carbons (Fsp3) is 0.583. The molecule has 0 aliphatic heterocycles. The molecule has 20 heavy (non-hydrogen) atoms. The molecule has 3 N–H and O–H groups in total. The number of sulfonamides is 1. The van der Waals surface area contributed by atoms with Gasteiger partial charge in [-0.3, -0.25) is 4.79 Å². The number of carbonyl (C=O) groups is 1. The number of amides is 1. The van der Waals surface area contributed by atoms with Gasteiger partial charge in [0.05, 0.1) is 6.10 Å². The molecule has 2 unspecified atom stereocenters. The molecule has 0 saturated carbocycles. The summed E-state index contributed by atoms with van der Waals surface area (Å²) in [7, 11) is -0.659. The number of hydrogen-bond acceptors (Lipinski definition) is 4. The van der Waals surface area contributed by atoms with Gasteiger partial charge in [-0.25, -0.2) is 13.1 Å². The molecule has 0 saturated heterocycles. The lowest BCUT2D eigenvalue weighted by atomic mass is 10.1. The van der Waals surface area contributed by atoms with Gasteiger partial charge in [0.1, 0.15) is 10.6 Å². The summed E-state index contributed by atoms with van der Waals surface area (Å²) >= 11 is 0. The topological polar surface area (TPSA) is 100 Å². The first kappa shape index (κ1) is 16.7. The zero-order valence-corrected chi connectivity index (χ0v) is 12.9. The molecule has 0 aliphatic rings. The van der Waals surface area contributed by atoms with Crippen LogP contribution in [0.3, 0.4) is 0 Å². The number of nitrogens with zero attached hydrogens (tertiary/aromatic N) is 1. The minimum absolute atomic E-state index is 0.0378. The van der Waals surface area contributed by atoms with E-state index in [1.54, 1.807) is 20.9 Å². The molecule has 8 heteroatoms. The monoisotopic (exact) mass is 303 g/mol. The Hall–Kier alpha value is -1.38. The van der Waals surface area contributed by atoms with Crippen molar-refractivity contribution in [3.63, 3.8) is 0 Å². The Morgan fingerprint density at radius 1 is 1.45 bits per heavy atom. The van der Waals surface area contributed by atoms with Crippen LogP contribution in [-0.4, -0.2) is 43.2 Å². The molecular formula is C12H21N3O4S. The van der Waals surface area contributed by atoms with Gasteiger partial charge in [0.15, 0.2) is 0 Å². The fourth-order valence-electron chi connectivity index (χ4n) is 1.89. The lowest BCUT2D eigenvalue weighted by Gasteiger charge is -2.15. The summed E-state index contributed by atoms with van der Waals surface area (Å²) in [5, 5.41) is 12.0. The zero-order chi connectivity index (χ0) is 15.5. The summed E-state index contributed by atoms with van der Waals surface area (Å²) in [5.74, 6) is -0.377. The van der Waals surface area contributed by atoms with Crippen LogP contribution >= 0.6 is 0 Å². The van der Waals surface area contributed by atoms with E-state index in [9.17, 15) is 18.3 Å². The number of aromatic nitrogens is 1. The number of aliphatic hydroxyl groups is 1. The van der Waals surface area contributed by atoms with Crippen molar-refractivity contribution < 1.29 is 18.3 Å². The lowest BCUT2D eigenvalue weighted by molar-refractivity contribution is 0.0915. The Labute approximate surface area is 119 Å². The first-order valence-electron chi connectivity index (χ1n) is 6.26. The molecule has 0 aliphatic carbocycles. The minimum atomic E-state index is -3.57. The number of nitrogens with one attached hydrogen (secondary N) is 2. The average Bonchev–Trinajstić information content (AvgIpc) is 2.70. The molecule has 114 valence electrons. The SMILES string of the molecule is CNS(=O)(=O)c1cc(C(=O)NC(C)CC(C)O)n(C)c1. The molecule has 0 bridgehead atoms. The molecule has 0 fully saturated rings. The Bertz CT molecular complexity index is 578. The Morgan fingerprint density at radius 2 is 2.05 bits per heavy atom. The smallest absolute Gasteiger partial charge is 0.268 e. The maximum absolute atomic E-state index is 12.1. The first-order chi connectivity index (χ1) is 9.17. The highest BCUT2D eigenvalue weighted by atomic mass is 32.2. The van der Waals surface area contributed by atoms with Crippen LogP contribution in [0, 0.1) is 0 Å². The molecule has 7 nitrogen and oxygen atoms in total. The van der Waals surface area contributed by atoms with Crippen molar-refractivity contribution in [3.05, 3.63) is 18.0 Å². The van der Waals surface area contributed by atoms with Gasteiger partial charge in [0.25, 0.3) is 5.91 Å². The normalized spacial score (nSPS) is 14.8. The number of aliphatic hydroxyl groups excluding tert-OH is 1. The fourth-order valence-corrected chi connectivity index (χ4v) is 2.69. The quantitative estimate of drug-likeness (QED) is 0.679. The van der Waals surface area contributed by atoms with Crippen molar-refractivity contribution in [1.29, 1.82) is 0 Å². The summed E-state index contributed by atoms with van der Waals surface area (Å²) in [6.07, 6.45) is 1.29. The summed E-state index contributed by atoms with van der Waals surface area (Å²) in [5.41, 5.74) is 0.247. The Kier molecular flexibility index (Phi) is 5.32. The Balaban J connectivity index is 2.90. The van der Waals surface area contributed by atoms with E-state index in [1.165, 1.54) is 23.9 Å². The van der Waals surface area contributed by atoms with Crippen LogP contribution in [0.5, 0.6) is 0 Å². The van der Waals surface area contributed by atoms with Gasteiger partial charge in [-0.2, -0.15) is 0 Å². The van der Waals surface area contributed by atoms with E-state index in [1.807, 2.05) is 0 Å². The number of rotatable bonds is 6. The van der Waals surface area contributed by atoms with E-state index in [0.29, 0.717) is 6.42 Å². The van der Waals surface area contributed by atoms with Gasteiger partial charge in [-0.1, -0.05) is 0 Å². The van der Waals surface area contributed by atoms with Gasteiger partial charge in [0, 0.05) is 19.3 Å². The maximum Gasteiger partial charge on any atom is 0.268 e. The van der Waals surface area contributed by atoms with Crippen LogP contribution in [0.15, 0.2) is 17.2 Å². The molecule has 0 radical (unpaired) electrons. The van der Waals surface area contributed by atoms with Crippen molar-refractivity contribution in [2.75, 3.05) is 7.05 Å². The number of carbonyl (C=O) groups excluding carboxylic acids is 1. The van der Waals surface area contributed by atoms with Crippen molar-refractivity contribution in [2.24, 2.45) is 7.05 Å². The second-order valence-corrected chi connectivity index (χ2v) is 6.73. The van der Waals surface area contributed by atoms with Gasteiger partial charge in [-0.05, 0) is 33.4 Å². The van der Waals surface area contributed by atoms with Crippen molar-refractivity contribution >= 4 is 15.9 Å². The van der Waals surface area contributed by atoms with E-state index < -0.39 is 16.1 Å². The molecule has 1 rings (SSSR count). The summed E-state index contributed by atoms with van der Waals surface area (Å²) in [4.78, 5) is 12.1. The van der Waals surface area contributed by atoms with E-state index in [2.05, 4.69) is 10.0 Å². The third kappa shape index (κ3) is 4.06. The third-order valence-electron chi connectivity index (χ3n) is 2.86. The highest BCUT2D eigenvalue weighted by Gasteiger charge is 2.20. The Morgan fingerprint density at radius 3 is 2.55 bits per heavy atom. The van der Waals surface area contributed by atoms with Gasteiger partial charge in [-0.15, -0.1) is 0 Å². The third-order valence-corrected chi connectivity index (χ3v) is 4.25. The molecular weight excluding hydrogens is 282 g/mol. The molecule has 1 aromatic rings. The van der Waals surface area contributed by atoms with Crippen molar-refractivity contribution in [1.82, 2.24) is 14.6 Å². The summed E-state index contributed by atoms with van der Waals surface area (Å²) in [6.45, 7) is 3.42. The first-order valence-corrected chi connectivity index (χ1v) is 7.74. The van der Waals surface area contributed by atoms with E-state index in [0.717, 1.165) is 0 Å². The molecule has 1 amide bonds. The average molecular weight is 303 g/mol. The number of aryl methyl sites for hydroxylation is 1. The molecule has 1 heterocycles. The highest BCUT2D eigenvalue weighted by Crippen LogP contribution is 2.13. The lowest BCUT2D eigenvalue weighted by Crippen LogP contribution is -2.35. The van der Waals surface area contributed by atoms with Gasteiger partial charge in [0.2, 0.25) is 10.0 Å². The standard InChI is InChI=1S/C12H21N3O4S/c1-8(5-9(2)16)14-12(17)11-6-10(7-15(11)4)20(18,19)13-3/h6-9,13,16H,5H2,1-4H3,(H,14,17). The van der Waals surface area contributed by atoms with E-state index in [4.69, 9.17) is 0 Å². The van der Waals surface area contributed by atoms with Crippen LogP contribution in [-0.2, 0) is 17.1 Å². The zero-order valence-electron chi connectivity index (χ0n) is 12.0. The van der Waals surface area contributed by atoms with Crippen molar-refractivity contribution in [2.45, 2.75) is 37.3 Å². The van der Waals surface area contributed by atoms with Gasteiger partial charge >= 0.3 is 0 Å². The predicted molar refractivity (Wildman–Crippen MR) is 74.9 cm³/mol. The molecule has 0 aromatic carbocycles. The summed E-state index contributed by atoms with van der Waals surface area (Å²) < 4.78 is 27.0. The van der Waals surface area contributed by atoms with E-state index >= 15 is 0 Å². The molecule has 2 atom stereocenters. The van der Waals surface area contributed by atoms with Crippen LogP contribution < -0.4 is 10.0 Å². The highest BCUT2D eigenvalue weighted by molar-refractivity contribution is 7.89. The predicted octanol–water partition coefficient (Wildman–Crippen LogP) is -0.178. The second kappa shape index (κ2) is 6.38.